The van der Waals surface area contributed by atoms with Crippen LogP contribution in [0.3, 0.4) is 0 Å². The molecule has 112 valence electrons. The quantitative estimate of drug-likeness (QED) is 0.820. The second-order valence-corrected chi connectivity index (χ2v) is 5.23. The molecule has 0 aliphatic rings. The van der Waals surface area contributed by atoms with Crippen molar-refractivity contribution in [2.75, 3.05) is 12.3 Å². The van der Waals surface area contributed by atoms with Gasteiger partial charge in [-0.3, -0.25) is 4.98 Å². The molecule has 0 aliphatic carbocycles. The molecule has 4 heteroatoms. The fraction of sp³-hybridized carbons (Fsp3) is 0.412. The Bertz CT molecular complexity index is 568. The number of hydrogen-bond donors (Lipinski definition) is 2. The van der Waals surface area contributed by atoms with Crippen molar-refractivity contribution in [3.8, 4) is 0 Å². The molecular weight excluding hydrogens is 260 g/mol. The molecule has 0 aromatic carbocycles. The predicted octanol–water partition coefficient (Wildman–Crippen LogP) is 2.90. The maximum atomic E-state index is 5.79. The SMILES string of the molecule is CCCNC(Cc1ccnc(N)c1)c1ccncc1CC. The highest BCUT2D eigenvalue weighted by Gasteiger charge is 2.15. The van der Waals surface area contributed by atoms with Crippen molar-refractivity contribution in [2.45, 2.75) is 39.2 Å². The zero-order chi connectivity index (χ0) is 15.1. The van der Waals surface area contributed by atoms with Crippen molar-refractivity contribution >= 4 is 5.82 Å². The monoisotopic (exact) mass is 284 g/mol. The van der Waals surface area contributed by atoms with E-state index in [1.54, 1.807) is 6.20 Å². The predicted molar refractivity (Wildman–Crippen MR) is 87.0 cm³/mol. The summed E-state index contributed by atoms with van der Waals surface area (Å²) in [6.45, 7) is 5.35. The number of nitrogens with zero attached hydrogens (tertiary/aromatic N) is 2. The van der Waals surface area contributed by atoms with Crippen LogP contribution >= 0.6 is 0 Å². The first-order valence-electron chi connectivity index (χ1n) is 7.61. The third-order valence-electron chi connectivity index (χ3n) is 3.62. The first-order chi connectivity index (χ1) is 10.2. The third kappa shape index (κ3) is 4.26. The van der Waals surface area contributed by atoms with Crippen LogP contribution in [0.4, 0.5) is 5.82 Å². The Morgan fingerprint density at radius 3 is 2.81 bits per heavy atom. The minimum atomic E-state index is 0.282. The van der Waals surface area contributed by atoms with E-state index >= 15 is 0 Å². The number of anilines is 1. The Hall–Kier alpha value is -1.94. The third-order valence-corrected chi connectivity index (χ3v) is 3.62. The summed E-state index contributed by atoms with van der Waals surface area (Å²) in [6, 6.07) is 6.39. The molecule has 0 spiro atoms. The van der Waals surface area contributed by atoms with Crippen LogP contribution in [-0.4, -0.2) is 16.5 Å². The summed E-state index contributed by atoms with van der Waals surface area (Å²) in [5, 5.41) is 3.64. The van der Waals surface area contributed by atoms with Gasteiger partial charge >= 0.3 is 0 Å². The van der Waals surface area contributed by atoms with Crippen molar-refractivity contribution < 1.29 is 0 Å². The summed E-state index contributed by atoms with van der Waals surface area (Å²) in [5.41, 5.74) is 9.62. The molecule has 2 rings (SSSR count). The van der Waals surface area contributed by atoms with Gasteiger partial charge in [0, 0.05) is 24.6 Å². The standard InChI is InChI=1S/C17H24N4/c1-3-7-20-16(10-13-5-9-21-17(18)11-13)15-6-8-19-12-14(15)4-2/h5-6,8-9,11-12,16,20H,3-4,7,10H2,1-2H3,(H2,18,21). The van der Waals surface area contributed by atoms with Gasteiger partial charge in [-0.2, -0.15) is 0 Å². The molecule has 0 bridgehead atoms. The number of hydrogen-bond acceptors (Lipinski definition) is 4. The van der Waals surface area contributed by atoms with Gasteiger partial charge in [0.2, 0.25) is 0 Å². The topological polar surface area (TPSA) is 63.8 Å². The minimum absolute atomic E-state index is 0.282. The van der Waals surface area contributed by atoms with Crippen LogP contribution in [0.1, 0.15) is 43.0 Å². The lowest BCUT2D eigenvalue weighted by atomic mass is 9.95. The summed E-state index contributed by atoms with van der Waals surface area (Å²) in [4.78, 5) is 8.31. The van der Waals surface area contributed by atoms with Crippen molar-refractivity contribution in [1.82, 2.24) is 15.3 Å². The second-order valence-electron chi connectivity index (χ2n) is 5.23. The summed E-state index contributed by atoms with van der Waals surface area (Å²) in [7, 11) is 0. The van der Waals surface area contributed by atoms with Gasteiger partial charge in [0.15, 0.2) is 0 Å². The number of nitrogen functional groups attached to an aromatic ring is 1. The van der Waals surface area contributed by atoms with Crippen LogP contribution in [0.15, 0.2) is 36.8 Å². The van der Waals surface area contributed by atoms with Crippen LogP contribution in [0.25, 0.3) is 0 Å². The van der Waals surface area contributed by atoms with Gasteiger partial charge in [0.25, 0.3) is 0 Å². The molecule has 2 aromatic heterocycles. The largest absolute Gasteiger partial charge is 0.384 e. The van der Waals surface area contributed by atoms with Crippen LogP contribution in [0, 0.1) is 0 Å². The van der Waals surface area contributed by atoms with Gasteiger partial charge in [-0.25, -0.2) is 4.98 Å². The van der Waals surface area contributed by atoms with Gasteiger partial charge < -0.3 is 11.1 Å². The highest BCUT2D eigenvalue weighted by molar-refractivity contribution is 5.34. The van der Waals surface area contributed by atoms with Crippen molar-refractivity contribution in [3.63, 3.8) is 0 Å². The maximum Gasteiger partial charge on any atom is 0.123 e. The number of pyridine rings is 2. The van der Waals surface area contributed by atoms with Gasteiger partial charge in [-0.15, -0.1) is 0 Å². The lowest BCUT2D eigenvalue weighted by Crippen LogP contribution is -2.25. The fourth-order valence-corrected chi connectivity index (χ4v) is 2.54. The molecule has 1 atom stereocenters. The second kappa shape index (κ2) is 7.74. The fourth-order valence-electron chi connectivity index (χ4n) is 2.54. The first-order valence-corrected chi connectivity index (χ1v) is 7.61. The Morgan fingerprint density at radius 1 is 1.24 bits per heavy atom. The molecule has 2 aromatic rings. The van der Waals surface area contributed by atoms with E-state index in [1.807, 2.05) is 24.5 Å². The number of aromatic nitrogens is 2. The van der Waals surface area contributed by atoms with E-state index in [2.05, 4.69) is 35.2 Å². The maximum absolute atomic E-state index is 5.79. The molecule has 21 heavy (non-hydrogen) atoms. The summed E-state index contributed by atoms with van der Waals surface area (Å²) < 4.78 is 0. The van der Waals surface area contributed by atoms with Crippen molar-refractivity contribution in [2.24, 2.45) is 0 Å². The van der Waals surface area contributed by atoms with Crippen molar-refractivity contribution in [1.29, 1.82) is 0 Å². The number of aryl methyl sites for hydroxylation is 1. The highest BCUT2D eigenvalue weighted by atomic mass is 14.9. The van der Waals surface area contributed by atoms with E-state index in [0.717, 1.165) is 25.8 Å². The molecule has 0 saturated heterocycles. The molecule has 0 aliphatic heterocycles. The number of nitrogens with one attached hydrogen (secondary N) is 1. The highest BCUT2D eigenvalue weighted by Crippen LogP contribution is 2.22. The Kier molecular flexibility index (Phi) is 5.69. The lowest BCUT2D eigenvalue weighted by Gasteiger charge is -2.21. The zero-order valence-corrected chi connectivity index (χ0v) is 12.8. The Labute approximate surface area is 126 Å². The average Bonchev–Trinajstić information content (AvgIpc) is 2.51. The average molecular weight is 284 g/mol. The Balaban J connectivity index is 2.25. The smallest absolute Gasteiger partial charge is 0.123 e. The molecule has 2 heterocycles. The van der Waals surface area contributed by atoms with E-state index in [4.69, 9.17) is 5.73 Å². The van der Waals surface area contributed by atoms with E-state index in [1.165, 1.54) is 16.7 Å². The van der Waals surface area contributed by atoms with Crippen LogP contribution < -0.4 is 11.1 Å². The molecule has 0 saturated carbocycles. The molecule has 3 N–H and O–H groups in total. The van der Waals surface area contributed by atoms with Crippen molar-refractivity contribution in [3.05, 3.63) is 53.5 Å². The molecule has 1 unspecified atom stereocenters. The normalized spacial score (nSPS) is 12.3. The van der Waals surface area contributed by atoms with E-state index in [0.29, 0.717) is 5.82 Å². The van der Waals surface area contributed by atoms with Gasteiger partial charge in [-0.05, 0) is 60.7 Å². The van der Waals surface area contributed by atoms with E-state index in [9.17, 15) is 0 Å². The van der Waals surface area contributed by atoms with Gasteiger partial charge in [0.05, 0.1) is 0 Å². The lowest BCUT2D eigenvalue weighted by molar-refractivity contribution is 0.525. The first kappa shape index (κ1) is 15.4. The van der Waals surface area contributed by atoms with Crippen LogP contribution in [0.2, 0.25) is 0 Å². The van der Waals surface area contributed by atoms with Crippen LogP contribution in [0.5, 0.6) is 0 Å². The summed E-state index contributed by atoms with van der Waals surface area (Å²) in [6.07, 6.45) is 8.62. The number of nitrogens with two attached hydrogens (primary N) is 1. The molecule has 4 nitrogen and oxygen atoms in total. The Morgan fingerprint density at radius 2 is 2.10 bits per heavy atom. The molecule has 0 radical (unpaired) electrons. The van der Waals surface area contributed by atoms with Crippen LogP contribution in [-0.2, 0) is 12.8 Å². The van der Waals surface area contributed by atoms with E-state index in [-0.39, 0.29) is 6.04 Å². The van der Waals surface area contributed by atoms with Gasteiger partial charge in [0.1, 0.15) is 5.82 Å². The van der Waals surface area contributed by atoms with Gasteiger partial charge in [-0.1, -0.05) is 13.8 Å². The molecule has 0 amide bonds. The van der Waals surface area contributed by atoms with E-state index < -0.39 is 0 Å². The molecular formula is C17H24N4. The summed E-state index contributed by atoms with van der Waals surface area (Å²) in [5.74, 6) is 0.576. The molecule has 0 fully saturated rings. The minimum Gasteiger partial charge on any atom is -0.384 e. The zero-order valence-electron chi connectivity index (χ0n) is 12.8. The summed E-state index contributed by atoms with van der Waals surface area (Å²) >= 11 is 0. The number of rotatable bonds is 7.